The molecule has 0 aromatic carbocycles. The third-order valence-electron chi connectivity index (χ3n) is 3.98. The van der Waals surface area contributed by atoms with Crippen molar-refractivity contribution in [3.05, 3.63) is 58.1 Å². The Bertz CT molecular complexity index is 815. The van der Waals surface area contributed by atoms with Gasteiger partial charge in [0, 0.05) is 60.3 Å². The summed E-state index contributed by atoms with van der Waals surface area (Å²) in [6.45, 7) is 4.91. The van der Waals surface area contributed by atoms with E-state index < -0.39 is 0 Å². The number of aromatic nitrogens is 4. The molecule has 116 valence electrons. The SMILES string of the molecule is Cc1cnc(CN2CCc3nc(-c4ccncc4)ncc3C2)s1. The first kappa shape index (κ1) is 14.4. The van der Waals surface area contributed by atoms with Gasteiger partial charge < -0.3 is 0 Å². The topological polar surface area (TPSA) is 54.8 Å². The zero-order chi connectivity index (χ0) is 15.6. The highest BCUT2D eigenvalue weighted by molar-refractivity contribution is 7.11. The quantitative estimate of drug-likeness (QED) is 0.742. The summed E-state index contributed by atoms with van der Waals surface area (Å²) >= 11 is 1.77. The molecule has 3 aromatic rings. The smallest absolute Gasteiger partial charge is 0.159 e. The lowest BCUT2D eigenvalue weighted by atomic mass is 10.1. The van der Waals surface area contributed by atoms with Gasteiger partial charge >= 0.3 is 0 Å². The molecule has 0 saturated heterocycles. The van der Waals surface area contributed by atoms with Crippen LogP contribution in [0.2, 0.25) is 0 Å². The zero-order valence-corrected chi connectivity index (χ0v) is 13.8. The Balaban J connectivity index is 1.52. The van der Waals surface area contributed by atoms with E-state index in [1.165, 1.54) is 21.1 Å². The summed E-state index contributed by atoms with van der Waals surface area (Å²) in [4.78, 5) is 21.5. The van der Waals surface area contributed by atoms with Crippen molar-refractivity contribution in [2.75, 3.05) is 6.54 Å². The number of aryl methyl sites for hydroxylation is 1. The maximum atomic E-state index is 4.75. The molecule has 23 heavy (non-hydrogen) atoms. The van der Waals surface area contributed by atoms with Crippen LogP contribution in [-0.4, -0.2) is 31.4 Å². The van der Waals surface area contributed by atoms with E-state index in [0.717, 1.165) is 37.4 Å². The first-order chi connectivity index (χ1) is 11.3. The summed E-state index contributed by atoms with van der Waals surface area (Å²) in [5.41, 5.74) is 3.41. The van der Waals surface area contributed by atoms with Crippen LogP contribution in [0, 0.1) is 6.92 Å². The molecule has 0 radical (unpaired) electrons. The molecule has 0 atom stereocenters. The third-order valence-corrected chi connectivity index (χ3v) is 4.88. The molecule has 1 aliphatic heterocycles. The third kappa shape index (κ3) is 3.13. The van der Waals surface area contributed by atoms with E-state index in [2.05, 4.69) is 26.8 Å². The molecule has 0 spiro atoms. The van der Waals surface area contributed by atoms with Crippen molar-refractivity contribution < 1.29 is 0 Å². The van der Waals surface area contributed by atoms with E-state index in [0.29, 0.717) is 0 Å². The number of hydrogen-bond donors (Lipinski definition) is 0. The Kier molecular flexibility index (Phi) is 3.85. The van der Waals surface area contributed by atoms with Gasteiger partial charge in [0.05, 0.1) is 12.2 Å². The fourth-order valence-electron chi connectivity index (χ4n) is 2.82. The fraction of sp³-hybridized carbons (Fsp3) is 0.294. The van der Waals surface area contributed by atoms with Crippen molar-refractivity contribution in [1.29, 1.82) is 0 Å². The summed E-state index contributed by atoms with van der Waals surface area (Å²) in [7, 11) is 0. The summed E-state index contributed by atoms with van der Waals surface area (Å²) < 4.78 is 0. The highest BCUT2D eigenvalue weighted by atomic mass is 32.1. The summed E-state index contributed by atoms with van der Waals surface area (Å²) in [6, 6.07) is 3.89. The minimum absolute atomic E-state index is 0.787. The van der Waals surface area contributed by atoms with Crippen molar-refractivity contribution in [2.24, 2.45) is 0 Å². The van der Waals surface area contributed by atoms with Crippen molar-refractivity contribution in [3.63, 3.8) is 0 Å². The van der Waals surface area contributed by atoms with Crippen LogP contribution in [-0.2, 0) is 19.5 Å². The maximum absolute atomic E-state index is 4.75. The predicted octanol–water partition coefficient (Wildman–Crippen LogP) is 2.86. The molecule has 4 heterocycles. The van der Waals surface area contributed by atoms with Gasteiger partial charge in [-0.25, -0.2) is 15.0 Å². The molecule has 1 aliphatic rings. The summed E-state index contributed by atoms with van der Waals surface area (Å²) in [6.07, 6.45) is 8.42. The summed E-state index contributed by atoms with van der Waals surface area (Å²) in [5, 5.41) is 1.18. The van der Waals surface area contributed by atoms with Crippen LogP contribution < -0.4 is 0 Å². The highest BCUT2D eigenvalue weighted by Crippen LogP contribution is 2.22. The van der Waals surface area contributed by atoms with Crippen molar-refractivity contribution in [2.45, 2.75) is 26.4 Å². The van der Waals surface area contributed by atoms with Crippen LogP contribution in [0.3, 0.4) is 0 Å². The molecule has 0 saturated carbocycles. The molecule has 0 bridgehead atoms. The first-order valence-electron chi connectivity index (χ1n) is 7.67. The molecule has 5 nitrogen and oxygen atoms in total. The average molecular weight is 323 g/mol. The van der Waals surface area contributed by atoms with Crippen LogP contribution in [0.15, 0.2) is 36.9 Å². The standard InChI is InChI=1S/C17H17N5S/c1-12-8-19-16(23-12)11-22-7-4-15-14(10-22)9-20-17(21-15)13-2-5-18-6-3-13/h2-3,5-6,8-9H,4,7,10-11H2,1H3. The van der Waals surface area contributed by atoms with Crippen LogP contribution in [0.4, 0.5) is 0 Å². The molecule has 0 aliphatic carbocycles. The molecule has 3 aromatic heterocycles. The Hall–Kier alpha value is -2.18. The van der Waals surface area contributed by atoms with E-state index in [9.17, 15) is 0 Å². The summed E-state index contributed by atoms with van der Waals surface area (Å²) in [5.74, 6) is 0.787. The molecular weight excluding hydrogens is 306 g/mol. The van der Waals surface area contributed by atoms with Gasteiger partial charge in [-0.15, -0.1) is 11.3 Å². The van der Waals surface area contributed by atoms with Crippen LogP contribution in [0.25, 0.3) is 11.4 Å². The van der Waals surface area contributed by atoms with E-state index in [1.54, 1.807) is 23.7 Å². The molecule has 4 rings (SSSR count). The number of rotatable bonds is 3. The monoisotopic (exact) mass is 323 g/mol. The lowest BCUT2D eigenvalue weighted by Crippen LogP contribution is -2.30. The highest BCUT2D eigenvalue weighted by Gasteiger charge is 2.19. The van der Waals surface area contributed by atoms with Gasteiger partial charge in [-0.05, 0) is 19.1 Å². The van der Waals surface area contributed by atoms with E-state index in [-0.39, 0.29) is 0 Å². The number of thiazole rings is 1. The van der Waals surface area contributed by atoms with E-state index in [1.807, 2.05) is 24.5 Å². The number of hydrogen-bond acceptors (Lipinski definition) is 6. The second-order valence-electron chi connectivity index (χ2n) is 5.73. The van der Waals surface area contributed by atoms with Gasteiger partial charge in [0.25, 0.3) is 0 Å². The molecule has 0 fully saturated rings. The number of pyridine rings is 1. The van der Waals surface area contributed by atoms with Crippen LogP contribution in [0.5, 0.6) is 0 Å². The van der Waals surface area contributed by atoms with Crippen molar-refractivity contribution in [3.8, 4) is 11.4 Å². The lowest BCUT2D eigenvalue weighted by molar-refractivity contribution is 0.242. The second kappa shape index (κ2) is 6.14. The van der Waals surface area contributed by atoms with Gasteiger partial charge in [0.1, 0.15) is 5.01 Å². The molecule has 6 heteroatoms. The Labute approximate surface area is 139 Å². The van der Waals surface area contributed by atoms with Gasteiger partial charge in [0.2, 0.25) is 0 Å². The normalized spacial score (nSPS) is 14.7. The molecule has 0 N–H and O–H groups in total. The largest absolute Gasteiger partial charge is 0.292 e. The van der Waals surface area contributed by atoms with Gasteiger partial charge in [-0.2, -0.15) is 0 Å². The molecule has 0 unspecified atom stereocenters. The number of nitrogens with zero attached hydrogens (tertiary/aromatic N) is 5. The molecular formula is C17H17N5S. The van der Waals surface area contributed by atoms with Crippen molar-refractivity contribution >= 4 is 11.3 Å². The van der Waals surface area contributed by atoms with Crippen molar-refractivity contribution in [1.82, 2.24) is 24.8 Å². The minimum atomic E-state index is 0.787. The van der Waals surface area contributed by atoms with E-state index >= 15 is 0 Å². The predicted molar refractivity (Wildman–Crippen MR) is 89.9 cm³/mol. The van der Waals surface area contributed by atoms with Crippen LogP contribution >= 0.6 is 11.3 Å². The maximum Gasteiger partial charge on any atom is 0.159 e. The Morgan fingerprint density at radius 1 is 1.17 bits per heavy atom. The minimum Gasteiger partial charge on any atom is -0.292 e. The fourth-order valence-corrected chi connectivity index (χ4v) is 3.65. The first-order valence-corrected chi connectivity index (χ1v) is 8.48. The number of fused-ring (bicyclic) bond motifs is 1. The molecule has 0 amide bonds. The second-order valence-corrected chi connectivity index (χ2v) is 7.05. The van der Waals surface area contributed by atoms with Gasteiger partial charge in [0.15, 0.2) is 5.82 Å². The zero-order valence-electron chi connectivity index (χ0n) is 12.9. The van der Waals surface area contributed by atoms with E-state index in [4.69, 9.17) is 4.98 Å². The Morgan fingerprint density at radius 2 is 2.04 bits per heavy atom. The Morgan fingerprint density at radius 3 is 2.83 bits per heavy atom. The average Bonchev–Trinajstić information content (AvgIpc) is 3.00. The van der Waals surface area contributed by atoms with Gasteiger partial charge in [-0.3, -0.25) is 9.88 Å². The lowest BCUT2D eigenvalue weighted by Gasteiger charge is -2.27. The van der Waals surface area contributed by atoms with Gasteiger partial charge in [-0.1, -0.05) is 0 Å². The van der Waals surface area contributed by atoms with Crippen LogP contribution in [0.1, 0.15) is 21.1 Å².